The first kappa shape index (κ1) is 15.6. The number of aliphatic hydroxyl groups is 1. The highest BCUT2D eigenvalue weighted by Gasteiger charge is 2.22. The van der Waals surface area contributed by atoms with Crippen molar-refractivity contribution in [2.75, 3.05) is 6.61 Å². The molecule has 0 fully saturated rings. The summed E-state index contributed by atoms with van der Waals surface area (Å²) in [5.41, 5.74) is 0.861. The van der Waals surface area contributed by atoms with Crippen molar-refractivity contribution >= 4 is 22.7 Å². The number of imidazole rings is 1. The number of aliphatic hydroxyl groups excluding tert-OH is 1. The summed E-state index contributed by atoms with van der Waals surface area (Å²) in [6.07, 6.45) is 0. The van der Waals surface area contributed by atoms with Gasteiger partial charge in [-0.2, -0.15) is 0 Å². The Morgan fingerprint density at radius 1 is 1.21 bits per heavy atom. The third kappa shape index (κ3) is 2.48. The minimum Gasteiger partial charge on any atom is -0.478 e. The number of hydrogen-bond acceptors (Lipinski definition) is 5. The minimum absolute atomic E-state index is 0.00373. The van der Waals surface area contributed by atoms with Gasteiger partial charge in [0.25, 0.3) is 5.69 Å². The first-order valence-corrected chi connectivity index (χ1v) is 7.11. The fourth-order valence-corrected chi connectivity index (χ4v) is 2.67. The van der Waals surface area contributed by atoms with E-state index in [9.17, 15) is 25.1 Å². The van der Waals surface area contributed by atoms with Crippen LogP contribution in [0.15, 0.2) is 42.5 Å². The molecule has 0 aliphatic heterocycles. The number of carboxylic acid groups (broad SMARTS) is 1. The van der Waals surface area contributed by atoms with E-state index in [0.29, 0.717) is 5.52 Å². The average molecular weight is 327 g/mol. The molecule has 3 rings (SSSR count). The lowest BCUT2D eigenvalue weighted by atomic mass is 10.1. The minimum atomic E-state index is -1.14. The SMILES string of the molecule is O=C(O)c1cccc2c1nc(-c1ccccc1[N+](=O)[O-])n2CCO. The van der Waals surface area contributed by atoms with Gasteiger partial charge >= 0.3 is 5.97 Å². The van der Waals surface area contributed by atoms with Gasteiger partial charge in [0.2, 0.25) is 0 Å². The molecule has 1 heterocycles. The molecule has 2 aromatic carbocycles. The average Bonchev–Trinajstić information content (AvgIpc) is 2.93. The van der Waals surface area contributed by atoms with E-state index in [1.54, 1.807) is 34.9 Å². The summed E-state index contributed by atoms with van der Waals surface area (Å²) in [6, 6.07) is 10.8. The molecular weight excluding hydrogens is 314 g/mol. The third-order valence-electron chi connectivity index (χ3n) is 3.67. The molecule has 0 saturated heterocycles. The predicted molar refractivity (Wildman–Crippen MR) is 85.9 cm³/mol. The van der Waals surface area contributed by atoms with Crippen LogP contribution in [0.4, 0.5) is 5.69 Å². The van der Waals surface area contributed by atoms with Crippen LogP contribution < -0.4 is 0 Å². The molecule has 0 unspecified atom stereocenters. The topological polar surface area (TPSA) is 118 Å². The maximum Gasteiger partial charge on any atom is 0.337 e. The number of aromatic carboxylic acids is 1. The third-order valence-corrected chi connectivity index (χ3v) is 3.67. The highest BCUT2D eigenvalue weighted by Crippen LogP contribution is 2.32. The molecule has 0 spiro atoms. The second-order valence-electron chi connectivity index (χ2n) is 5.06. The number of para-hydroxylation sites is 2. The number of nitro benzene ring substituents is 1. The summed E-state index contributed by atoms with van der Waals surface area (Å²) in [6.45, 7) is -0.0721. The molecule has 8 heteroatoms. The zero-order valence-corrected chi connectivity index (χ0v) is 12.4. The standard InChI is InChI=1S/C16H13N3O5/c20-9-8-18-13-7-3-5-11(16(21)22)14(13)17-15(18)10-4-1-2-6-12(10)19(23)24/h1-7,20H,8-9H2,(H,21,22). The lowest BCUT2D eigenvalue weighted by Gasteiger charge is -2.07. The van der Waals surface area contributed by atoms with Crippen molar-refractivity contribution < 1.29 is 19.9 Å². The Bertz CT molecular complexity index is 948. The van der Waals surface area contributed by atoms with E-state index >= 15 is 0 Å². The summed E-state index contributed by atoms with van der Waals surface area (Å²) in [7, 11) is 0. The summed E-state index contributed by atoms with van der Waals surface area (Å²) < 4.78 is 1.59. The molecule has 1 aromatic heterocycles. The maximum absolute atomic E-state index is 11.4. The summed E-state index contributed by atoms with van der Waals surface area (Å²) in [5.74, 6) is -0.886. The summed E-state index contributed by atoms with van der Waals surface area (Å²) in [5, 5.41) is 29.9. The van der Waals surface area contributed by atoms with Crippen LogP contribution in [-0.2, 0) is 6.54 Å². The summed E-state index contributed by atoms with van der Waals surface area (Å²) in [4.78, 5) is 26.5. The lowest BCUT2D eigenvalue weighted by molar-refractivity contribution is -0.384. The van der Waals surface area contributed by atoms with Crippen molar-refractivity contribution in [3.8, 4) is 11.4 Å². The Balaban J connectivity index is 2.36. The molecule has 2 N–H and O–H groups in total. The zero-order chi connectivity index (χ0) is 17.3. The van der Waals surface area contributed by atoms with E-state index < -0.39 is 10.9 Å². The second-order valence-corrected chi connectivity index (χ2v) is 5.06. The van der Waals surface area contributed by atoms with Gasteiger partial charge in [0.15, 0.2) is 0 Å². The van der Waals surface area contributed by atoms with Crippen LogP contribution in [0.25, 0.3) is 22.4 Å². The molecule has 0 radical (unpaired) electrons. The van der Waals surface area contributed by atoms with Gasteiger partial charge in [-0.3, -0.25) is 10.1 Å². The van der Waals surface area contributed by atoms with Gasteiger partial charge in [0.1, 0.15) is 11.3 Å². The Morgan fingerprint density at radius 2 is 1.96 bits per heavy atom. The van der Waals surface area contributed by atoms with E-state index in [4.69, 9.17) is 0 Å². The molecule has 24 heavy (non-hydrogen) atoms. The Labute approximate surface area is 135 Å². The number of fused-ring (bicyclic) bond motifs is 1. The highest BCUT2D eigenvalue weighted by atomic mass is 16.6. The molecule has 0 atom stereocenters. The van der Waals surface area contributed by atoms with E-state index in [1.807, 2.05) is 0 Å². The van der Waals surface area contributed by atoms with Crippen LogP contribution in [0, 0.1) is 10.1 Å². The molecule has 122 valence electrons. The van der Waals surface area contributed by atoms with Crippen molar-refractivity contribution in [3.63, 3.8) is 0 Å². The molecule has 8 nitrogen and oxygen atoms in total. The molecule has 0 saturated carbocycles. The van der Waals surface area contributed by atoms with Crippen molar-refractivity contribution in [2.45, 2.75) is 6.54 Å². The van der Waals surface area contributed by atoms with Gasteiger partial charge in [-0.05, 0) is 18.2 Å². The second kappa shape index (κ2) is 6.09. The van der Waals surface area contributed by atoms with Crippen LogP contribution >= 0.6 is 0 Å². The van der Waals surface area contributed by atoms with Crippen LogP contribution in [0.5, 0.6) is 0 Å². The molecule has 0 aliphatic rings. The highest BCUT2D eigenvalue weighted by molar-refractivity contribution is 6.02. The summed E-state index contributed by atoms with van der Waals surface area (Å²) >= 11 is 0. The Hall–Kier alpha value is -3.26. The Morgan fingerprint density at radius 3 is 2.62 bits per heavy atom. The van der Waals surface area contributed by atoms with E-state index in [1.165, 1.54) is 12.1 Å². The fourth-order valence-electron chi connectivity index (χ4n) is 2.67. The van der Waals surface area contributed by atoms with Gasteiger partial charge in [0, 0.05) is 12.6 Å². The molecule has 0 amide bonds. The Kier molecular flexibility index (Phi) is 3.97. The fraction of sp³-hybridized carbons (Fsp3) is 0.125. The number of aromatic nitrogens is 2. The number of carboxylic acids is 1. The van der Waals surface area contributed by atoms with Gasteiger partial charge in [-0.15, -0.1) is 0 Å². The molecule has 0 aliphatic carbocycles. The van der Waals surface area contributed by atoms with E-state index in [-0.39, 0.29) is 41.3 Å². The van der Waals surface area contributed by atoms with Gasteiger partial charge in [-0.1, -0.05) is 18.2 Å². The van der Waals surface area contributed by atoms with Crippen molar-refractivity contribution in [1.82, 2.24) is 9.55 Å². The quantitative estimate of drug-likeness (QED) is 0.548. The maximum atomic E-state index is 11.4. The lowest BCUT2D eigenvalue weighted by Crippen LogP contribution is -2.05. The predicted octanol–water partition coefficient (Wildman–Crippen LogP) is 2.30. The number of rotatable bonds is 5. The van der Waals surface area contributed by atoms with E-state index in [0.717, 1.165) is 0 Å². The van der Waals surface area contributed by atoms with Crippen LogP contribution in [0.2, 0.25) is 0 Å². The number of benzene rings is 2. The van der Waals surface area contributed by atoms with Gasteiger partial charge in [0.05, 0.1) is 28.2 Å². The largest absolute Gasteiger partial charge is 0.478 e. The number of nitro groups is 1. The number of nitrogens with zero attached hydrogens (tertiary/aromatic N) is 3. The van der Waals surface area contributed by atoms with Gasteiger partial charge < -0.3 is 14.8 Å². The van der Waals surface area contributed by atoms with Gasteiger partial charge in [-0.25, -0.2) is 9.78 Å². The molecular formula is C16H13N3O5. The number of carbonyl (C=O) groups is 1. The van der Waals surface area contributed by atoms with Crippen molar-refractivity contribution in [1.29, 1.82) is 0 Å². The molecule has 3 aromatic rings. The number of hydrogen-bond donors (Lipinski definition) is 2. The van der Waals surface area contributed by atoms with Crippen LogP contribution in [0.1, 0.15) is 10.4 Å². The monoisotopic (exact) mass is 327 g/mol. The van der Waals surface area contributed by atoms with Crippen LogP contribution in [-0.4, -0.2) is 37.3 Å². The zero-order valence-electron chi connectivity index (χ0n) is 12.4. The molecule has 0 bridgehead atoms. The van der Waals surface area contributed by atoms with Crippen molar-refractivity contribution in [2.24, 2.45) is 0 Å². The van der Waals surface area contributed by atoms with Crippen LogP contribution in [0.3, 0.4) is 0 Å². The van der Waals surface area contributed by atoms with E-state index in [2.05, 4.69) is 4.98 Å². The first-order chi connectivity index (χ1) is 11.5. The smallest absolute Gasteiger partial charge is 0.337 e. The normalized spacial score (nSPS) is 10.9. The van der Waals surface area contributed by atoms with Crippen molar-refractivity contribution in [3.05, 3.63) is 58.1 Å². The first-order valence-electron chi connectivity index (χ1n) is 7.11.